The summed E-state index contributed by atoms with van der Waals surface area (Å²) in [6.07, 6.45) is -0.671. The number of aliphatic hydroxyl groups excluding tert-OH is 1. The smallest absolute Gasteiger partial charge is 0.325 e. The predicted octanol–water partition coefficient (Wildman–Crippen LogP) is -3.00. The molecule has 0 rings (SSSR count). The molecule has 27 heavy (non-hydrogen) atoms. The van der Waals surface area contributed by atoms with Crippen LogP contribution >= 0.6 is 0 Å². The van der Waals surface area contributed by atoms with Gasteiger partial charge in [-0.25, -0.2) is 0 Å². The van der Waals surface area contributed by atoms with Gasteiger partial charge >= 0.3 is 11.9 Å². The molecule has 3 amide bonds. The summed E-state index contributed by atoms with van der Waals surface area (Å²) in [6.45, 7) is 3.63. The summed E-state index contributed by atoms with van der Waals surface area (Å²) in [5.74, 6) is -5.63. The van der Waals surface area contributed by atoms with Crippen molar-refractivity contribution in [3.8, 4) is 0 Å². The second-order valence-electron chi connectivity index (χ2n) is 6.25. The Morgan fingerprint density at radius 1 is 0.889 bits per heavy atom. The molecule has 154 valence electrons. The van der Waals surface area contributed by atoms with Gasteiger partial charge in [-0.05, 0) is 12.8 Å². The number of aliphatic carboxylic acids is 2. The van der Waals surface area contributed by atoms with Crippen LogP contribution in [-0.2, 0) is 24.0 Å². The van der Waals surface area contributed by atoms with Crippen molar-refractivity contribution < 1.29 is 39.3 Å². The quantitative estimate of drug-likeness (QED) is 0.191. The lowest BCUT2D eigenvalue weighted by Crippen LogP contribution is -2.59. The van der Waals surface area contributed by atoms with E-state index in [1.807, 2.05) is 0 Å². The van der Waals surface area contributed by atoms with Gasteiger partial charge in [-0.15, -0.1) is 0 Å². The van der Waals surface area contributed by atoms with Crippen LogP contribution in [0.3, 0.4) is 0 Å². The van der Waals surface area contributed by atoms with Gasteiger partial charge in [0.25, 0.3) is 0 Å². The molecular formula is C15H26N4O8. The largest absolute Gasteiger partial charge is 0.481 e. The highest BCUT2D eigenvalue weighted by molar-refractivity contribution is 5.94. The first-order valence-electron chi connectivity index (χ1n) is 8.12. The molecule has 0 aromatic rings. The zero-order valence-corrected chi connectivity index (χ0v) is 15.3. The number of carbonyl (C=O) groups excluding carboxylic acids is 3. The van der Waals surface area contributed by atoms with Crippen LogP contribution in [0.1, 0.15) is 27.2 Å². The van der Waals surface area contributed by atoms with Gasteiger partial charge in [0, 0.05) is 0 Å². The molecule has 0 heterocycles. The molecule has 4 atom stereocenters. The number of hydrogen-bond acceptors (Lipinski definition) is 7. The lowest BCUT2D eigenvalue weighted by Gasteiger charge is -2.25. The molecule has 0 aromatic heterocycles. The van der Waals surface area contributed by atoms with Crippen LogP contribution in [0.5, 0.6) is 0 Å². The van der Waals surface area contributed by atoms with E-state index in [1.165, 1.54) is 6.92 Å². The number of hydrogen-bond donors (Lipinski definition) is 7. The van der Waals surface area contributed by atoms with Gasteiger partial charge in [0.2, 0.25) is 17.7 Å². The van der Waals surface area contributed by atoms with Crippen molar-refractivity contribution in [3.63, 3.8) is 0 Å². The number of carboxylic acids is 2. The van der Waals surface area contributed by atoms with Crippen LogP contribution in [0.25, 0.3) is 0 Å². The summed E-state index contributed by atoms with van der Waals surface area (Å²) in [7, 11) is 0. The number of amides is 3. The normalized spacial score (nSPS) is 15.2. The number of nitrogens with two attached hydrogens (primary N) is 1. The molecule has 0 radical (unpaired) electrons. The Bertz CT molecular complexity index is 580. The van der Waals surface area contributed by atoms with Crippen LogP contribution in [0.15, 0.2) is 0 Å². The monoisotopic (exact) mass is 390 g/mol. The lowest BCUT2D eigenvalue weighted by molar-refractivity contribution is -0.142. The van der Waals surface area contributed by atoms with Gasteiger partial charge in [0.05, 0.1) is 19.1 Å². The Morgan fingerprint density at radius 2 is 1.44 bits per heavy atom. The first-order chi connectivity index (χ1) is 12.4. The van der Waals surface area contributed by atoms with Gasteiger partial charge in [-0.3, -0.25) is 24.0 Å². The molecular weight excluding hydrogens is 364 g/mol. The molecule has 12 nitrogen and oxygen atoms in total. The molecule has 0 saturated heterocycles. The molecule has 12 heteroatoms. The number of rotatable bonds is 11. The number of carboxylic acid groups (broad SMARTS) is 2. The van der Waals surface area contributed by atoms with Gasteiger partial charge in [0.15, 0.2) is 0 Å². The van der Waals surface area contributed by atoms with E-state index >= 15 is 0 Å². The highest BCUT2D eigenvalue weighted by Gasteiger charge is 2.30. The maximum Gasteiger partial charge on any atom is 0.325 e. The fourth-order valence-electron chi connectivity index (χ4n) is 1.91. The Labute approximate surface area is 155 Å². The van der Waals surface area contributed by atoms with Crippen LogP contribution in [0, 0.1) is 5.92 Å². The van der Waals surface area contributed by atoms with E-state index in [9.17, 15) is 29.1 Å². The second kappa shape index (κ2) is 11.1. The van der Waals surface area contributed by atoms with Gasteiger partial charge < -0.3 is 37.0 Å². The van der Waals surface area contributed by atoms with Crippen molar-refractivity contribution >= 4 is 29.7 Å². The summed E-state index contributed by atoms with van der Waals surface area (Å²) in [6, 6.07) is -5.20. The average molecular weight is 390 g/mol. The molecule has 0 aromatic carbocycles. The molecule has 0 aliphatic heterocycles. The maximum absolute atomic E-state index is 12.3. The van der Waals surface area contributed by atoms with Crippen LogP contribution < -0.4 is 21.7 Å². The van der Waals surface area contributed by atoms with Crippen molar-refractivity contribution in [2.45, 2.75) is 51.4 Å². The number of nitrogens with one attached hydrogen (secondary N) is 3. The van der Waals surface area contributed by atoms with Crippen LogP contribution in [0.2, 0.25) is 0 Å². The Kier molecular flexibility index (Phi) is 9.96. The molecule has 0 aliphatic carbocycles. The molecule has 0 bridgehead atoms. The zero-order chi connectivity index (χ0) is 21.3. The summed E-state index contributed by atoms with van der Waals surface area (Å²) < 4.78 is 0. The second-order valence-corrected chi connectivity index (χ2v) is 6.25. The first-order valence-corrected chi connectivity index (χ1v) is 8.12. The molecule has 4 unspecified atom stereocenters. The van der Waals surface area contributed by atoms with Crippen molar-refractivity contribution in [2.75, 3.05) is 6.61 Å². The summed E-state index contributed by atoms with van der Waals surface area (Å²) in [5.41, 5.74) is 5.38. The third-order valence-electron chi connectivity index (χ3n) is 3.52. The zero-order valence-electron chi connectivity index (χ0n) is 15.3. The Balaban J connectivity index is 5.02. The van der Waals surface area contributed by atoms with Crippen LogP contribution in [-0.4, -0.2) is 75.8 Å². The number of aliphatic hydroxyl groups is 1. The third kappa shape index (κ3) is 8.46. The standard InChI is InChI=1S/C15H26N4O8/c1-6(2)11(14(25)17-7(3)15(26)27)19-13(24)9(5-20)18-12(23)8(16)4-10(21)22/h6-9,11,20H,4-5,16H2,1-3H3,(H,17,25)(H,18,23)(H,19,24)(H,21,22)(H,26,27). The average Bonchev–Trinajstić information content (AvgIpc) is 2.55. The minimum Gasteiger partial charge on any atom is -0.481 e. The number of carbonyl (C=O) groups is 5. The van der Waals surface area contributed by atoms with Crippen molar-refractivity contribution in [3.05, 3.63) is 0 Å². The van der Waals surface area contributed by atoms with Crippen molar-refractivity contribution in [2.24, 2.45) is 11.7 Å². The molecule has 8 N–H and O–H groups in total. The van der Waals surface area contributed by atoms with Crippen molar-refractivity contribution in [1.82, 2.24) is 16.0 Å². The van der Waals surface area contributed by atoms with E-state index < -0.39 is 72.8 Å². The molecule has 0 fully saturated rings. The van der Waals surface area contributed by atoms with E-state index in [2.05, 4.69) is 16.0 Å². The lowest BCUT2D eigenvalue weighted by atomic mass is 10.0. The van der Waals surface area contributed by atoms with Gasteiger partial charge in [-0.2, -0.15) is 0 Å². The van der Waals surface area contributed by atoms with E-state index in [0.29, 0.717) is 0 Å². The van der Waals surface area contributed by atoms with Crippen LogP contribution in [0.4, 0.5) is 0 Å². The maximum atomic E-state index is 12.3. The highest BCUT2D eigenvalue weighted by atomic mass is 16.4. The topological polar surface area (TPSA) is 208 Å². The molecule has 0 saturated carbocycles. The third-order valence-corrected chi connectivity index (χ3v) is 3.52. The minimum absolute atomic E-state index is 0.431. The van der Waals surface area contributed by atoms with Gasteiger partial charge in [0.1, 0.15) is 18.1 Å². The molecule has 0 aliphatic rings. The Hall–Kier alpha value is -2.73. The fourth-order valence-corrected chi connectivity index (χ4v) is 1.91. The first kappa shape index (κ1) is 24.3. The Morgan fingerprint density at radius 3 is 1.85 bits per heavy atom. The predicted molar refractivity (Wildman–Crippen MR) is 91.3 cm³/mol. The molecule has 0 spiro atoms. The summed E-state index contributed by atoms with van der Waals surface area (Å²) >= 11 is 0. The van der Waals surface area contributed by atoms with Gasteiger partial charge in [-0.1, -0.05) is 13.8 Å². The van der Waals surface area contributed by atoms with E-state index in [1.54, 1.807) is 13.8 Å². The summed E-state index contributed by atoms with van der Waals surface area (Å²) in [5, 5.41) is 33.4. The fraction of sp³-hybridized carbons (Fsp3) is 0.667. The van der Waals surface area contributed by atoms with E-state index in [0.717, 1.165) is 0 Å². The van der Waals surface area contributed by atoms with E-state index in [-0.39, 0.29) is 0 Å². The minimum atomic E-state index is -1.47. The van der Waals surface area contributed by atoms with Crippen molar-refractivity contribution in [1.29, 1.82) is 0 Å². The summed E-state index contributed by atoms with van der Waals surface area (Å²) in [4.78, 5) is 57.6. The SMILES string of the molecule is CC(NC(=O)C(NC(=O)C(CO)NC(=O)C(N)CC(=O)O)C(C)C)C(=O)O. The van der Waals surface area contributed by atoms with E-state index in [4.69, 9.17) is 15.9 Å². The highest BCUT2D eigenvalue weighted by Crippen LogP contribution is 2.04.